The third-order valence-corrected chi connectivity index (χ3v) is 5.25. The van der Waals surface area contributed by atoms with Gasteiger partial charge < -0.3 is 4.57 Å². The van der Waals surface area contributed by atoms with Crippen LogP contribution >= 0.6 is 0 Å². The van der Waals surface area contributed by atoms with Crippen molar-refractivity contribution in [2.75, 3.05) is 14.1 Å². The number of carbonyl (C=O) groups is 1. The molecule has 5 heteroatoms. The van der Waals surface area contributed by atoms with Crippen LogP contribution in [0.25, 0.3) is 21.8 Å². The van der Waals surface area contributed by atoms with Crippen molar-refractivity contribution in [3.8, 4) is 0 Å². The highest BCUT2D eigenvalue weighted by Crippen LogP contribution is 2.21. The summed E-state index contributed by atoms with van der Waals surface area (Å²) >= 11 is 0. The van der Waals surface area contributed by atoms with Crippen molar-refractivity contribution in [3.05, 3.63) is 68.5 Å². The van der Waals surface area contributed by atoms with E-state index in [1.54, 1.807) is 30.3 Å². The van der Waals surface area contributed by atoms with Crippen molar-refractivity contribution in [2.24, 2.45) is 7.05 Å². The van der Waals surface area contributed by atoms with Crippen LogP contribution in [-0.2, 0) is 7.05 Å². The minimum absolute atomic E-state index is 0.102. The molecule has 0 aliphatic heterocycles. The molecule has 0 spiro atoms. The van der Waals surface area contributed by atoms with Gasteiger partial charge in [-0.15, -0.1) is 0 Å². The lowest BCUT2D eigenvalue weighted by molar-refractivity contribution is 0.0755. The monoisotopic (exact) mass is 350 g/mol. The van der Waals surface area contributed by atoms with Gasteiger partial charge in [0.25, 0.3) is 0 Å². The molecule has 0 amide bonds. The Morgan fingerprint density at radius 2 is 1.50 bits per heavy atom. The molecule has 0 saturated carbocycles. The van der Waals surface area contributed by atoms with Gasteiger partial charge in [-0.25, -0.2) is 0 Å². The lowest BCUT2D eigenvalue weighted by atomic mass is 9.91. The molecule has 5 nitrogen and oxygen atoms in total. The van der Waals surface area contributed by atoms with E-state index in [4.69, 9.17) is 0 Å². The molecule has 0 atom stereocenters. The summed E-state index contributed by atoms with van der Waals surface area (Å²) in [7, 11) is 5.48. The number of rotatable bonds is 3. The predicted molar refractivity (Wildman–Crippen MR) is 105 cm³/mol. The average Bonchev–Trinajstić information content (AvgIpc) is 2.71. The lowest BCUT2D eigenvalue weighted by Gasteiger charge is -2.30. The van der Waals surface area contributed by atoms with Crippen LogP contribution in [-0.4, -0.2) is 34.9 Å². The standard InChI is InChI=1S/C21H22N2O3/c1-21(2,22(3)4)20(26)13-10-11-17-15(12-13)19(25)18(24)14-8-6-7-9-16(14)23(17)5/h6-12H,1-5H3. The third-order valence-electron chi connectivity index (χ3n) is 5.25. The zero-order valence-corrected chi connectivity index (χ0v) is 15.7. The number of aromatic nitrogens is 1. The number of Topliss-reactive ketones (excluding diaryl/α,β-unsaturated/α-hetero) is 1. The Bertz CT molecular complexity index is 1160. The van der Waals surface area contributed by atoms with Gasteiger partial charge in [-0.1, -0.05) is 12.1 Å². The van der Waals surface area contributed by atoms with Crippen LogP contribution in [0.4, 0.5) is 0 Å². The van der Waals surface area contributed by atoms with Crippen molar-refractivity contribution >= 4 is 27.6 Å². The fraction of sp³-hybridized carbons (Fsp3) is 0.286. The highest BCUT2D eigenvalue weighted by molar-refractivity contribution is 6.05. The molecule has 1 aromatic heterocycles. The van der Waals surface area contributed by atoms with E-state index in [0.717, 1.165) is 0 Å². The van der Waals surface area contributed by atoms with Crippen molar-refractivity contribution < 1.29 is 4.79 Å². The molecular weight excluding hydrogens is 328 g/mol. The molecular formula is C21H22N2O3. The van der Waals surface area contributed by atoms with Crippen LogP contribution in [0.1, 0.15) is 24.2 Å². The van der Waals surface area contributed by atoms with E-state index in [2.05, 4.69) is 0 Å². The van der Waals surface area contributed by atoms with Crippen molar-refractivity contribution in [2.45, 2.75) is 19.4 Å². The predicted octanol–water partition coefficient (Wildman–Crippen LogP) is 2.57. The number of benzene rings is 2. The topological polar surface area (TPSA) is 59.4 Å². The van der Waals surface area contributed by atoms with Gasteiger partial charge in [0.2, 0.25) is 10.9 Å². The molecule has 26 heavy (non-hydrogen) atoms. The summed E-state index contributed by atoms with van der Waals surface area (Å²) in [5.41, 5.74) is -0.148. The summed E-state index contributed by atoms with van der Waals surface area (Å²) in [5.74, 6) is -0.102. The Morgan fingerprint density at radius 3 is 2.15 bits per heavy atom. The minimum Gasteiger partial charge on any atom is -0.343 e. The molecule has 0 unspecified atom stereocenters. The zero-order valence-electron chi connectivity index (χ0n) is 15.7. The molecule has 0 aliphatic rings. The van der Waals surface area contributed by atoms with Crippen molar-refractivity contribution in [1.82, 2.24) is 9.47 Å². The molecule has 3 aromatic rings. The van der Waals surface area contributed by atoms with Gasteiger partial charge in [0, 0.05) is 18.0 Å². The largest absolute Gasteiger partial charge is 0.343 e. The van der Waals surface area contributed by atoms with E-state index in [1.165, 1.54) is 0 Å². The number of nitrogens with zero attached hydrogens (tertiary/aromatic N) is 2. The van der Waals surface area contributed by atoms with Gasteiger partial charge in [-0.2, -0.15) is 0 Å². The summed E-state index contributed by atoms with van der Waals surface area (Å²) in [6.07, 6.45) is 0. The van der Waals surface area contributed by atoms with Gasteiger partial charge in [-0.3, -0.25) is 19.3 Å². The Morgan fingerprint density at radius 1 is 0.923 bits per heavy atom. The number of carbonyl (C=O) groups excluding carboxylic acids is 1. The van der Waals surface area contributed by atoms with E-state index >= 15 is 0 Å². The van der Waals surface area contributed by atoms with E-state index in [-0.39, 0.29) is 11.2 Å². The quantitative estimate of drug-likeness (QED) is 0.538. The van der Waals surface area contributed by atoms with Crippen LogP contribution in [0.5, 0.6) is 0 Å². The van der Waals surface area contributed by atoms with Gasteiger partial charge in [0.1, 0.15) is 0 Å². The maximum atomic E-state index is 12.9. The van der Waals surface area contributed by atoms with Gasteiger partial charge in [-0.05, 0) is 58.3 Å². The molecule has 0 bridgehead atoms. The van der Waals surface area contributed by atoms with Crippen LogP contribution < -0.4 is 10.9 Å². The smallest absolute Gasteiger partial charge is 0.235 e. The normalized spacial score (nSPS) is 12.1. The number of ketones is 1. The molecule has 0 fully saturated rings. The molecule has 1 heterocycles. The highest BCUT2D eigenvalue weighted by atomic mass is 16.2. The maximum Gasteiger partial charge on any atom is 0.235 e. The maximum absolute atomic E-state index is 12.9. The SMILES string of the molecule is CN(C)C(C)(C)C(=O)c1ccc2c(c1)c(=O)c(=O)c1ccccc1n2C. The number of likely N-dealkylation sites (N-methyl/N-ethyl adjacent to an activating group) is 1. The molecule has 2 aromatic carbocycles. The van der Waals surface area contributed by atoms with Crippen LogP contribution in [0, 0.1) is 0 Å². The van der Waals surface area contributed by atoms with E-state index < -0.39 is 16.4 Å². The third kappa shape index (κ3) is 2.65. The van der Waals surface area contributed by atoms with E-state index in [1.807, 2.05) is 56.6 Å². The van der Waals surface area contributed by atoms with Crippen LogP contribution in [0.15, 0.2) is 52.1 Å². The highest BCUT2D eigenvalue weighted by Gasteiger charge is 2.31. The summed E-state index contributed by atoms with van der Waals surface area (Å²) < 4.78 is 1.82. The van der Waals surface area contributed by atoms with Gasteiger partial charge >= 0.3 is 0 Å². The first-order valence-electron chi connectivity index (χ1n) is 8.44. The van der Waals surface area contributed by atoms with Crippen molar-refractivity contribution in [3.63, 3.8) is 0 Å². The summed E-state index contributed by atoms with van der Waals surface area (Å²) in [6.45, 7) is 3.66. The lowest BCUT2D eigenvalue weighted by Crippen LogP contribution is -2.45. The Kier molecular flexibility index (Phi) is 4.28. The molecule has 134 valence electrons. The Hall–Kier alpha value is -2.79. The van der Waals surface area contributed by atoms with Gasteiger partial charge in [0.05, 0.1) is 22.0 Å². The Labute approximate surface area is 151 Å². The number of aryl methyl sites for hydroxylation is 1. The molecule has 0 saturated heterocycles. The number of fused-ring (bicyclic) bond motifs is 2. The molecule has 0 radical (unpaired) electrons. The number of hydrogen-bond acceptors (Lipinski definition) is 4. The van der Waals surface area contributed by atoms with E-state index in [0.29, 0.717) is 22.0 Å². The second-order valence-corrected chi connectivity index (χ2v) is 7.25. The summed E-state index contributed by atoms with van der Waals surface area (Å²) in [5, 5.41) is 0.631. The molecule has 0 N–H and O–H groups in total. The number of para-hydroxylation sites is 1. The zero-order chi connectivity index (χ0) is 19.2. The first-order chi connectivity index (χ1) is 12.2. The van der Waals surface area contributed by atoms with E-state index in [9.17, 15) is 14.4 Å². The average molecular weight is 350 g/mol. The fourth-order valence-electron chi connectivity index (χ4n) is 3.04. The second-order valence-electron chi connectivity index (χ2n) is 7.25. The Balaban J connectivity index is 2.42. The first kappa shape index (κ1) is 18.0. The van der Waals surface area contributed by atoms with Crippen LogP contribution in [0.3, 0.4) is 0 Å². The summed E-state index contributed by atoms with van der Waals surface area (Å²) in [4.78, 5) is 40.2. The fourth-order valence-corrected chi connectivity index (χ4v) is 3.04. The number of hydrogen-bond donors (Lipinski definition) is 0. The van der Waals surface area contributed by atoms with Crippen molar-refractivity contribution in [1.29, 1.82) is 0 Å². The first-order valence-corrected chi connectivity index (χ1v) is 8.44. The minimum atomic E-state index is -0.721. The van der Waals surface area contributed by atoms with Gasteiger partial charge in [0.15, 0.2) is 5.78 Å². The molecule has 0 aliphatic carbocycles. The second kappa shape index (κ2) is 6.18. The summed E-state index contributed by atoms with van der Waals surface area (Å²) in [6, 6.07) is 12.0. The van der Waals surface area contributed by atoms with Crippen LogP contribution in [0.2, 0.25) is 0 Å². The molecule has 3 rings (SSSR count).